The number of imidazole rings is 1. The first kappa shape index (κ1) is 19.8. The highest BCUT2D eigenvalue weighted by Crippen LogP contribution is 2.29. The van der Waals surface area contributed by atoms with Gasteiger partial charge in [-0.15, -0.1) is 5.10 Å². The van der Waals surface area contributed by atoms with Crippen LogP contribution in [-0.2, 0) is 9.53 Å². The minimum atomic E-state index is 0.0889. The Labute approximate surface area is 174 Å². The number of anilines is 1. The molecule has 1 saturated heterocycles. The fraction of sp³-hybridized carbons (Fsp3) is 0.476. The molecule has 154 valence electrons. The first-order valence-electron chi connectivity index (χ1n) is 10.1. The van der Waals surface area contributed by atoms with Gasteiger partial charge in [0.15, 0.2) is 0 Å². The number of aryl methyl sites for hydroxylation is 1. The first-order valence-corrected chi connectivity index (χ1v) is 10.9. The summed E-state index contributed by atoms with van der Waals surface area (Å²) in [5, 5.41) is 8.72. The third-order valence-electron chi connectivity index (χ3n) is 5.34. The van der Waals surface area contributed by atoms with Crippen molar-refractivity contribution in [2.45, 2.75) is 26.2 Å². The Morgan fingerprint density at radius 1 is 1.28 bits per heavy atom. The van der Waals surface area contributed by atoms with Crippen LogP contribution in [0.25, 0.3) is 16.2 Å². The number of benzene rings is 1. The number of rotatable bonds is 7. The van der Waals surface area contributed by atoms with Crippen LogP contribution < -0.4 is 10.2 Å². The lowest BCUT2D eigenvalue weighted by Crippen LogP contribution is -2.41. The summed E-state index contributed by atoms with van der Waals surface area (Å²) in [4.78, 5) is 20.2. The van der Waals surface area contributed by atoms with E-state index < -0.39 is 0 Å². The predicted octanol–water partition coefficient (Wildman–Crippen LogP) is 3.14. The molecule has 1 aliphatic rings. The number of ether oxygens (including phenoxy) is 1. The van der Waals surface area contributed by atoms with Crippen LogP contribution in [0.5, 0.6) is 0 Å². The molecule has 3 aromatic rings. The number of hydrogen-bond acceptors (Lipinski definition) is 6. The molecule has 0 radical (unpaired) electrons. The fourth-order valence-electron chi connectivity index (χ4n) is 3.59. The van der Waals surface area contributed by atoms with Crippen molar-refractivity contribution in [1.82, 2.24) is 19.9 Å². The number of methoxy groups -OCH3 is 1. The summed E-state index contributed by atoms with van der Waals surface area (Å²) in [6, 6.07) is 8.38. The number of amides is 1. The highest BCUT2D eigenvalue weighted by atomic mass is 32.1. The van der Waals surface area contributed by atoms with Gasteiger partial charge in [0.1, 0.15) is 0 Å². The summed E-state index contributed by atoms with van der Waals surface area (Å²) in [7, 11) is 1.68. The van der Waals surface area contributed by atoms with E-state index in [4.69, 9.17) is 14.8 Å². The number of hydrogen-bond donors (Lipinski definition) is 1. The highest BCUT2D eigenvalue weighted by molar-refractivity contribution is 7.20. The van der Waals surface area contributed by atoms with Crippen molar-refractivity contribution in [3.63, 3.8) is 0 Å². The maximum absolute atomic E-state index is 12.3. The van der Waals surface area contributed by atoms with E-state index in [9.17, 15) is 4.79 Å². The molecule has 1 fully saturated rings. The Bertz CT molecular complexity index is 926. The number of nitrogens with one attached hydrogen (secondary N) is 1. The molecule has 29 heavy (non-hydrogen) atoms. The zero-order valence-corrected chi connectivity index (χ0v) is 17.7. The van der Waals surface area contributed by atoms with Crippen molar-refractivity contribution in [2.24, 2.45) is 5.92 Å². The SMILES string of the molecule is COCCCNC(=O)C1CCN(c2nn3cc(-c4ccc(C)cc4)nc3s2)CC1. The van der Waals surface area contributed by atoms with Gasteiger partial charge in [-0.25, -0.2) is 9.50 Å². The highest BCUT2D eigenvalue weighted by Gasteiger charge is 2.26. The maximum Gasteiger partial charge on any atom is 0.223 e. The second kappa shape index (κ2) is 8.92. The average Bonchev–Trinajstić information content (AvgIpc) is 3.31. The molecular formula is C21H27N5O2S. The molecule has 0 spiro atoms. The Hall–Kier alpha value is -2.45. The van der Waals surface area contributed by atoms with Gasteiger partial charge in [0.05, 0.1) is 11.9 Å². The van der Waals surface area contributed by atoms with Crippen molar-refractivity contribution >= 4 is 27.3 Å². The normalized spacial score (nSPS) is 15.2. The standard InChI is InChI=1S/C21H27N5O2S/c1-15-4-6-16(7-5-15)18-14-26-20(23-18)29-21(24-26)25-11-8-17(9-12-25)19(27)22-10-3-13-28-2/h4-7,14,17H,3,8-13H2,1-2H3,(H,22,27). The van der Waals surface area contributed by atoms with Crippen LogP contribution in [0, 0.1) is 12.8 Å². The van der Waals surface area contributed by atoms with E-state index >= 15 is 0 Å². The van der Waals surface area contributed by atoms with E-state index in [-0.39, 0.29) is 11.8 Å². The van der Waals surface area contributed by atoms with E-state index in [0.717, 1.165) is 53.7 Å². The van der Waals surface area contributed by atoms with Crippen LogP contribution in [0.2, 0.25) is 0 Å². The Morgan fingerprint density at radius 3 is 2.72 bits per heavy atom. The predicted molar refractivity (Wildman–Crippen MR) is 115 cm³/mol. The van der Waals surface area contributed by atoms with E-state index in [1.807, 2.05) is 10.7 Å². The molecule has 2 aromatic heterocycles. The molecular weight excluding hydrogens is 386 g/mol. The molecule has 1 aromatic carbocycles. The lowest BCUT2D eigenvalue weighted by molar-refractivity contribution is -0.125. The van der Waals surface area contributed by atoms with E-state index in [0.29, 0.717) is 13.2 Å². The average molecular weight is 414 g/mol. The van der Waals surface area contributed by atoms with Crippen LogP contribution in [-0.4, -0.2) is 53.9 Å². The van der Waals surface area contributed by atoms with Crippen LogP contribution in [0.3, 0.4) is 0 Å². The fourth-order valence-corrected chi connectivity index (χ4v) is 4.52. The molecule has 7 nitrogen and oxygen atoms in total. The van der Waals surface area contributed by atoms with Crippen LogP contribution in [0.4, 0.5) is 5.13 Å². The number of aromatic nitrogens is 3. The van der Waals surface area contributed by atoms with E-state index in [1.54, 1.807) is 18.4 Å². The quantitative estimate of drug-likeness (QED) is 0.603. The van der Waals surface area contributed by atoms with Gasteiger partial charge in [-0.2, -0.15) is 0 Å². The van der Waals surface area contributed by atoms with Crippen molar-refractivity contribution in [1.29, 1.82) is 0 Å². The molecule has 1 aliphatic heterocycles. The molecule has 0 atom stereocenters. The summed E-state index contributed by atoms with van der Waals surface area (Å²) < 4.78 is 6.88. The van der Waals surface area contributed by atoms with Crippen molar-refractivity contribution < 1.29 is 9.53 Å². The van der Waals surface area contributed by atoms with Gasteiger partial charge in [-0.3, -0.25) is 4.79 Å². The molecule has 3 heterocycles. The van der Waals surface area contributed by atoms with Crippen LogP contribution in [0.1, 0.15) is 24.8 Å². The summed E-state index contributed by atoms with van der Waals surface area (Å²) in [6.45, 7) is 5.13. The third-order valence-corrected chi connectivity index (χ3v) is 6.32. The van der Waals surface area contributed by atoms with Crippen LogP contribution in [0.15, 0.2) is 30.5 Å². The van der Waals surface area contributed by atoms with Gasteiger partial charge in [0.25, 0.3) is 0 Å². The second-order valence-electron chi connectivity index (χ2n) is 7.50. The number of carbonyl (C=O) groups is 1. The Morgan fingerprint density at radius 2 is 2.03 bits per heavy atom. The van der Waals surface area contributed by atoms with Crippen molar-refractivity contribution in [2.75, 3.05) is 38.3 Å². The third kappa shape index (κ3) is 4.59. The molecule has 1 N–H and O–H groups in total. The van der Waals surface area contributed by atoms with Gasteiger partial charge in [0.2, 0.25) is 16.0 Å². The minimum absolute atomic E-state index is 0.0889. The minimum Gasteiger partial charge on any atom is -0.385 e. The van der Waals surface area contributed by atoms with Crippen molar-refractivity contribution in [3.05, 3.63) is 36.0 Å². The smallest absolute Gasteiger partial charge is 0.223 e. The molecule has 8 heteroatoms. The molecule has 0 saturated carbocycles. The summed E-state index contributed by atoms with van der Waals surface area (Å²) in [6.07, 6.45) is 4.55. The van der Waals surface area contributed by atoms with Gasteiger partial charge in [0, 0.05) is 44.8 Å². The Balaban J connectivity index is 1.34. The van der Waals surface area contributed by atoms with E-state index in [2.05, 4.69) is 41.4 Å². The molecule has 4 rings (SSSR count). The topological polar surface area (TPSA) is 71.8 Å². The monoisotopic (exact) mass is 413 g/mol. The van der Waals surface area contributed by atoms with E-state index in [1.165, 1.54) is 5.56 Å². The largest absolute Gasteiger partial charge is 0.385 e. The summed E-state index contributed by atoms with van der Waals surface area (Å²) >= 11 is 1.60. The lowest BCUT2D eigenvalue weighted by atomic mass is 9.96. The molecule has 0 bridgehead atoms. The van der Waals surface area contributed by atoms with Crippen molar-refractivity contribution in [3.8, 4) is 11.3 Å². The number of carbonyl (C=O) groups excluding carboxylic acids is 1. The van der Waals surface area contributed by atoms with Crippen LogP contribution >= 0.6 is 11.3 Å². The van der Waals surface area contributed by atoms with Gasteiger partial charge < -0.3 is 15.0 Å². The summed E-state index contributed by atoms with van der Waals surface area (Å²) in [5.41, 5.74) is 3.29. The zero-order chi connectivity index (χ0) is 20.2. The Kier molecular flexibility index (Phi) is 6.10. The van der Waals surface area contributed by atoms with Gasteiger partial charge in [-0.1, -0.05) is 41.2 Å². The van der Waals surface area contributed by atoms with Gasteiger partial charge >= 0.3 is 0 Å². The maximum atomic E-state index is 12.3. The number of piperidine rings is 1. The summed E-state index contributed by atoms with van der Waals surface area (Å²) in [5.74, 6) is 0.253. The lowest BCUT2D eigenvalue weighted by Gasteiger charge is -2.30. The number of nitrogens with zero attached hydrogens (tertiary/aromatic N) is 4. The van der Waals surface area contributed by atoms with Gasteiger partial charge in [-0.05, 0) is 26.2 Å². The zero-order valence-electron chi connectivity index (χ0n) is 16.9. The second-order valence-corrected chi connectivity index (χ2v) is 8.44. The molecule has 1 amide bonds. The molecule has 0 unspecified atom stereocenters. The first-order chi connectivity index (χ1) is 14.1. The molecule has 0 aliphatic carbocycles. The number of fused-ring (bicyclic) bond motifs is 1.